The summed E-state index contributed by atoms with van der Waals surface area (Å²) in [4.78, 5) is 24.6. The van der Waals surface area contributed by atoms with Crippen LogP contribution in [0.4, 0.5) is 0 Å². The molecule has 0 spiro atoms. The summed E-state index contributed by atoms with van der Waals surface area (Å²) in [6, 6.07) is -0.639. The Morgan fingerprint density at radius 1 is 0.351 bits per heavy atom. The Labute approximate surface area is 481 Å². The molecule has 1 amide bonds. The number of nitrogens with one attached hydrogen (secondary N) is 1. The molecular weight excluding hydrogens is 947 g/mol. The summed E-state index contributed by atoms with van der Waals surface area (Å²) in [5, 5.41) is 23.3. The van der Waals surface area contributed by atoms with Crippen LogP contribution in [0.25, 0.3) is 0 Å². The number of rotatable bonds is 65. The van der Waals surface area contributed by atoms with Gasteiger partial charge < -0.3 is 20.3 Å². The fourth-order valence-corrected chi connectivity index (χ4v) is 10.8. The van der Waals surface area contributed by atoms with Crippen LogP contribution >= 0.6 is 0 Å². The van der Waals surface area contributed by atoms with Crippen molar-refractivity contribution in [1.82, 2.24) is 5.32 Å². The van der Waals surface area contributed by atoms with E-state index in [1.54, 1.807) is 6.08 Å². The summed E-state index contributed by atoms with van der Waals surface area (Å²) in [7, 11) is 0. The van der Waals surface area contributed by atoms with Gasteiger partial charge in [-0.15, -0.1) is 0 Å². The molecule has 0 saturated heterocycles. The van der Waals surface area contributed by atoms with Crippen molar-refractivity contribution in [2.45, 2.75) is 392 Å². The normalized spacial score (nSPS) is 12.7. The van der Waals surface area contributed by atoms with Gasteiger partial charge in [-0.25, -0.2) is 0 Å². The standard InChI is InChI=1S/C71H135NO5/c1-3-5-7-9-11-13-15-17-19-21-23-24-25-26-27-29-31-35-39-43-47-51-55-59-63-69(74)68(67-73)72-70(75)64-60-56-52-48-44-40-36-32-30-34-38-42-46-50-54-58-62-66-77-71(76)65-61-57-53-49-45-41-37-33-28-22-20-18-16-14-12-10-8-6-4-2/h18,20,30,34,59,63,68-69,73-74H,3-17,19,21-29,31-33,35-58,60-62,64-67H2,1-2H3,(H,72,75)/b20-18-,34-30-,63-59+. The summed E-state index contributed by atoms with van der Waals surface area (Å²) < 4.78 is 5.49. The number of aliphatic hydroxyl groups excluding tert-OH is 2. The summed E-state index contributed by atoms with van der Waals surface area (Å²) in [5.74, 6) is -0.0788. The lowest BCUT2D eigenvalue weighted by atomic mass is 10.0. The maximum atomic E-state index is 12.5. The van der Waals surface area contributed by atoms with E-state index >= 15 is 0 Å². The molecule has 454 valence electrons. The molecule has 2 unspecified atom stereocenters. The van der Waals surface area contributed by atoms with Crippen molar-refractivity contribution in [3.63, 3.8) is 0 Å². The zero-order valence-electron chi connectivity index (χ0n) is 52.0. The molecule has 0 fully saturated rings. The Morgan fingerprint density at radius 2 is 0.610 bits per heavy atom. The average Bonchev–Trinajstić information content (AvgIpc) is 3.43. The van der Waals surface area contributed by atoms with E-state index in [1.165, 1.54) is 295 Å². The maximum absolute atomic E-state index is 12.5. The third kappa shape index (κ3) is 63.1. The number of ether oxygens (including phenoxy) is 1. The van der Waals surface area contributed by atoms with Gasteiger partial charge in [-0.05, 0) is 83.5 Å². The third-order valence-electron chi connectivity index (χ3n) is 16.1. The molecule has 0 aliphatic heterocycles. The quantitative estimate of drug-likeness (QED) is 0.0320. The Morgan fingerprint density at radius 3 is 0.922 bits per heavy atom. The lowest BCUT2D eigenvalue weighted by Gasteiger charge is -2.20. The van der Waals surface area contributed by atoms with Crippen molar-refractivity contribution in [1.29, 1.82) is 0 Å². The van der Waals surface area contributed by atoms with Crippen LogP contribution in [0.3, 0.4) is 0 Å². The van der Waals surface area contributed by atoms with Crippen molar-refractivity contribution in [2.24, 2.45) is 0 Å². The SMILES string of the molecule is CCCCCCCC/C=C\CCCCCCCCCCCC(=O)OCCCCCCCC/C=C\CCCCCCCCCC(=O)NC(CO)C(O)/C=C/CCCCCCCCCCCCCCCCCCCCCCCC. The molecule has 0 radical (unpaired) electrons. The number of hydrogen-bond donors (Lipinski definition) is 3. The fraction of sp³-hybridized carbons (Fsp3) is 0.887. The molecule has 0 aromatic rings. The third-order valence-corrected chi connectivity index (χ3v) is 16.1. The first-order chi connectivity index (χ1) is 38.0. The van der Waals surface area contributed by atoms with Crippen molar-refractivity contribution >= 4 is 11.9 Å². The van der Waals surface area contributed by atoms with Crippen LogP contribution in [0.1, 0.15) is 380 Å². The van der Waals surface area contributed by atoms with Crippen molar-refractivity contribution in [3.05, 3.63) is 36.5 Å². The number of unbranched alkanes of at least 4 members (excludes halogenated alkanes) is 50. The zero-order valence-corrected chi connectivity index (χ0v) is 52.0. The van der Waals surface area contributed by atoms with Gasteiger partial charge in [0.2, 0.25) is 5.91 Å². The van der Waals surface area contributed by atoms with Gasteiger partial charge in [-0.2, -0.15) is 0 Å². The van der Waals surface area contributed by atoms with Gasteiger partial charge in [-0.3, -0.25) is 9.59 Å². The molecular formula is C71H135NO5. The first-order valence-electron chi connectivity index (χ1n) is 34.8. The highest BCUT2D eigenvalue weighted by Gasteiger charge is 2.18. The molecule has 0 aliphatic rings. The van der Waals surface area contributed by atoms with Crippen LogP contribution in [-0.4, -0.2) is 47.4 Å². The van der Waals surface area contributed by atoms with Crippen LogP contribution in [0.2, 0.25) is 0 Å². The Bertz CT molecular complexity index is 1250. The van der Waals surface area contributed by atoms with Crippen molar-refractivity contribution < 1.29 is 24.5 Å². The van der Waals surface area contributed by atoms with Gasteiger partial charge >= 0.3 is 5.97 Å². The summed E-state index contributed by atoms with van der Waals surface area (Å²) in [6.45, 7) is 4.91. The molecule has 0 rings (SSSR count). The van der Waals surface area contributed by atoms with Gasteiger partial charge in [0.15, 0.2) is 0 Å². The van der Waals surface area contributed by atoms with Gasteiger partial charge in [0.1, 0.15) is 0 Å². The maximum Gasteiger partial charge on any atom is 0.305 e. The number of aliphatic hydroxyl groups is 2. The largest absolute Gasteiger partial charge is 0.466 e. The summed E-state index contributed by atoms with van der Waals surface area (Å²) in [5.41, 5.74) is 0. The lowest BCUT2D eigenvalue weighted by Crippen LogP contribution is -2.45. The minimum Gasteiger partial charge on any atom is -0.466 e. The lowest BCUT2D eigenvalue weighted by molar-refractivity contribution is -0.143. The number of carbonyl (C=O) groups is 2. The van der Waals surface area contributed by atoms with Gasteiger partial charge in [0.25, 0.3) is 0 Å². The van der Waals surface area contributed by atoms with E-state index in [0.717, 1.165) is 57.8 Å². The van der Waals surface area contributed by atoms with E-state index in [-0.39, 0.29) is 18.5 Å². The fourth-order valence-electron chi connectivity index (χ4n) is 10.8. The van der Waals surface area contributed by atoms with E-state index in [4.69, 9.17) is 4.74 Å². The Hall–Kier alpha value is -1.92. The minimum absolute atomic E-state index is 0.00241. The highest BCUT2D eigenvalue weighted by molar-refractivity contribution is 5.76. The van der Waals surface area contributed by atoms with E-state index in [9.17, 15) is 19.8 Å². The van der Waals surface area contributed by atoms with Crippen molar-refractivity contribution in [2.75, 3.05) is 13.2 Å². The molecule has 77 heavy (non-hydrogen) atoms. The highest BCUT2D eigenvalue weighted by Crippen LogP contribution is 2.18. The molecule has 2 atom stereocenters. The molecule has 6 nitrogen and oxygen atoms in total. The zero-order chi connectivity index (χ0) is 55.7. The minimum atomic E-state index is -0.854. The number of carbonyl (C=O) groups excluding carboxylic acids is 2. The van der Waals surface area contributed by atoms with Crippen LogP contribution in [-0.2, 0) is 14.3 Å². The molecule has 0 aromatic heterocycles. The van der Waals surface area contributed by atoms with Gasteiger partial charge in [0, 0.05) is 12.8 Å². The Balaban J connectivity index is 3.46. The van der Waals surface area contributed by atoms with Crippen LogP contribution in [0, 0.1) is 0 Å². The predicted octanol–water partition coefficient (Wildman–Crippen LogP) is 22.3. The molecule has 0 bridgehead atoms. The van der Waals surface area contributed by atoms with Crippen LogP contribution in [0.5, 0.6) is 0 Å². The second-order valence-electron chi connectivity index (χ2n) is 23.9. The predicted molar refractivity (Wildman–Crippen MR) is 338 cm³/mol. The number of amides is 1. The van der Waals surface area contributed by atoms with E-state index in [2.05, 4.69) is 43.5 Å². The number of esters is 1. The molecule has 0 aliphatic carbocycles. The average molecular weight is 1080 g/mol. The molecule has 0 heterocycles. The van der Waals surface area contributed by atoms with E-state index in [1.807, 2.05) is 6.08 Å². The molecule has 3 N–H and O–H groups in total. The monoisotopic (exact) mass is 1080 g/mol. The molecule has 6 heteroatoms. The second-order valence-corrected chi connectivity index (χ2v) is 23.9. The molecule has 0 saturated carbocycles. The van der Waals surface area contributed by atoms with Gasteiger partial charge in [-0.1, -0.05) is 320 Å². The first kappa shape index (κ1) is 75.1. The van der Waals surface area contributed by atoms with Gasteiger partial charge in [0.05, 0.1) is 25.4 Å². The Kier molecular flexibility index (Phi) is 64.9. The van der Waals surface area contributed by atoms with Crippen LogP contribution in [0.15, 0.2) is 36.5 Å². The first-order valence-corrected chi connectivity index (χ1v) is 34.8. The summed E-state index contributed by atoms with van der Waals surface area (Å²) >= 11 is 0. The summed E-state index contributed by atoms with van der Waals surface area (Å²) in [6.07, 6.45) is 84.9. The smallest absolute Gasteiger partial charge is 0.305 e. The van der Waals surface area contributed by atoms with Crippen molar-refractivity contribution in [3.8, 4) is 0 Å². The highest BCUT2D eigenvalue weighted by atomic mass is 16.5. The molecule has 0 aromatic carbocycles. The number of allylic oxidation sites excluding steroid dienone is 5. The van der Waals surface area contributed by atoms with E-state index < -0.39 is 12.1 Å². The van der Waals surface area contributed by atoms with Crippen LogP contribution < -0.4 is 5.32 Å². The second kappa shape index (κ2) is 66.6. The van der Waals surface area contributed by atoms with E-state index in [0.29, 0.717) is 19.4 Å². The topological polar surface area (TPSA) is 95.9 Å². The number of hydrogen-bond acceptors (Lipinski definition) is 5.